The lowest BCUT2D eigenvalue weighted by molar-refractivity contribution is 0.101. The van der Waals surface area contributed by atoms with Crippen LogP contribution in [-0.2, 0) is 0 Å². The SMILES string of the molecule is CC(=O)c1cccc(-c2cccc([B]O)c2)c1. The Balaban J connectivity index is 2.45. The molecule has 0 bridgehead atoms. The van der Waals surface area contributed by atoms with Crippen molar-refractivity contribution in [1.29, 1.82) is 0 Å². The van der Waals surface area contributed by atoms with Crippen LogP contribution in [0.15, 0.2) is 48.5 Å². The second-order valence-corrected chi connectivity index (χ2v) is 3.89. The van der Waals surface area contributed by atoms with E-state index in [0.717, 1.165) is 24.1 Å². The van der Waals surface area contributed by atoms with Gasteiger partial charge in [0.2, 0.25) is 0 Å². The second-order valence-electron chi connectivity index (χ2n) is 3.89. The van der Waals surface area contributed by atoms with Crippen LogP contribution in [0.1, 0.15) is 17.3 Å². The Morgan fingerprint density at radius 1 is 1.06 bits per heavy atom. The fourth-order valence-electron chi connectivity index (χ4n) is 1.72. The van der Waals surface area contributed by atoms with Crippen molar-refractivity contribution in [2.24, 2.45) is 0 Å². The van der Waals surface area contributed by atoms with Gasteiger partial charge in [-0.2, -0.15) is 0 Å². The predicted molar refractivity (Wildman–Crippen MR) is 69.5 cm³/mol. The number of hydrogen-bond acceptors (Lipinski definition) is 2. The first-order valence-corrected chi connectivity index (χ1v) is 5.39. The van der Waals surface area contributed by atoms with Crippen molar-refractivity contribution in [1.82, 2.24) is 0 Å². The Kier molecular flexibility index (Phi) is 3.40. The monoisotopic (exact) mass is 223 g/mol. The number of carbonyl (C=O) groups is 1. The van der Waals surface area contributed by atoms with Crippen molar-refractivity contribution < 1.29 is 9.82 Å². The molecular formula is C14H12BO2. The lowest BCUT2D eigenvalue weighted by atomic mass is 9.86. The van der Waals surface area contributed by atoms with E-state index in [2.05, 4.69) is 0 Å². The zero-order valence-corrected chi connectivity index (χ0v) is 9.55. The molecule has 1 radical (unpaired) electrons. The molecule has 83 valence electrons. The molecule has 0 aliphatic carbocycles. The van der Waals surface area contributed by atoms with E-state index >= 15 is 0 Å². The van der Waals surface area contributed by atoms with Crippen LogP contribution in [0.5, 0.6) is 0 Å². The number of benzene rings is 2. The molecule has 3 heteroatoms. The minimum Gasteiger partial charge on any atom is -0.450 e. The van der Waals surface area contributed by atoms with Crippen molar-refractivity contribution in [2.45, 2.75) is 6.92 Å². The van der Waals surface area contributed by atoms with Crippen molar-refractivity contribution in [3.8, 4) is 11.1 Å². The van der Waals surface area contributed by atoms with E-state index in [1.54, 1.807) is 13.0 Å². The number of carbonyl (C=O) groups excluding carboxylic acids is 1. The van der Waals surface area contributed by atoms with Crippen LogP contribution in [0.3, 0.4) is 0 Å². The first-order valence-electron chi connectivity index (χ1n) is 5.39. The largest absolute Gasteiger partial charge is 0.450 e. The first-order chi connectivity index (χ1) is 8.20. The van der Waals surface area contributed by atoms with E-state index in [1.165, 1.54) is 0 Å². The third kappa shape index (κ3) is 2.63. The van der Waals surface area contributed by atoms with Gasteiger partial charge in [0, 0.05) is 5.56 Å². The summed E-state index contributed by atoms with van der Waals surface area (Å²) in [6.45, 7) is 1.55. The molecule has 0 aromatic heterocycles. The summed E-state index contributed by atoms with van der Waals surface area (Å²) in [6, 6.07) is 15.0. The van der Waals surface area contributed by atoms with Gasteiger partial charge in [-0.15, -0.1) is 0 Å². The highest BCUT2D eigenvalue weighted by atomic mass is 16.2. The molecule has 0 saturated carbocycles. The smallest absolute Gasteiger partial charge is 0.326 e. The van der Waals surface area contributed by atoms with E-state index in [4.69, 9.17) is 5.02 Å². The van der Waals surface area contributed by atoms with Crippen LogP contribution >= 0.6 is 0 Å². The average molecular weight is 223 g/mol. The lowest BCUT2D eigenvalue weighted by Crippen LogP contribution is -2.12. The van der Waals surface area contributed by atoms with Crippen LogP contribution in [0, 0.1) is 0 Å². The molecule has 0 heterocycles. The van der Waals surface area contributed by atoms with Crippen LogP contribution < -0.4 is 5.46 Å². The summed E-state index contributed by atoms with van der Waals surface area (Å²) in [5, 5.41) is 8.97. The fourth-order valence-corrected chi connectivity index (χ4v) is 1.72. The summed E-state index contributed by atoms with van der Waals surface area (Å²) in [7, 11) is 1.07. The molecule has 0 aliphatic rings. The van der Waals surface area contributed by atoms with Crippen LogP contribution in [-0.4, -0.2) is 18.3 Å². The zero-order chi connectivity index (χ0) is 12.3. The van der Waals surface area contributed by atoms with Gasteiger partial charge in [-0.25, -0.2) is 0 Å². The molecule has 0 atom stereocenters. The maximum Gasteiger partial charge on any atom is 0.326 e. The highest BCUT2D eigenvalue weighted by Crippen LogP contribution is 2.19. The molecule has 2 nitrogen and oxygen atoms in total. The zero-order valence-electron chi connectivity index (χ0n) is 9.55. The molecule has 0 unspecified atom stereocenters. The van der Waals surface area contributed by atoms with Gasteiger partial charge in [0.15, 0.2) is 5.78 Å². The Bertz CT molecular complexity index is 549. The van der Waals surface area contributed by atoms with Gasteiger partial charge in [-0.05, 0) is 24.1 Å². The molecule has 0 fully saturated rings. The molecule has 0 aliphatic heterocycles. The number of Topliss-reactive ketones (excluding diaryl/α,β-unsaturated/α-hetero) is 1. The summed E-state index contributed by atoms with van der Waals surface area (Å²) in [5.74, 6) is 0.0525. The maximum atomic E-state index is 11.3. The molecule has 0 amide bonds. The Hall–Kier alpha value is -1.87. The molecule has 17 heavy (non-hydrogen) atoms. The molecule has 2 aromatic rings. The van der Waals surface area contributed by atoms with Gasteiger partial charge in [-0.3, -0.25) is 4.79 Å². The molecule has 0 saturated heterocycles. The van der Waals surface area contributed by atoms with Crippen LogP contribution in [0.4, 0.5) is 0 Å². The normalized spacial score (nSPS) is 10.0. The Morgan fingerprint density at radius 2 is 1.71 bits per heavy atom. The minimum absolute atomic E-state index is 0.0525. The third-order valence-electron chi connectivity index (χ3n) is 2.64. The highest BCUT2D eigenvalue weighted by molar-refractivity contribution is 6.45. The Labute approximate surface area is 101 Å². The summed E-state index contributed by atoms with van der Waals surface area (Å²) in [4.78, 5) is 11.3. The van der Waals surface area contributed by atoms with E-state index in [0.29, 0.717) is 5.56 Å². The summed E-state index contributed by atoms with van der Waals surface area (Å²) in [5.41, 5.74) is 3.40. The first kappa shape index (κ1) is 11.6. The van der Waals surface area contributed by atoms with Crippen LogP contribution in [0.2, 0.25) is 0 Å². The minimum atomic E-state index is 0.0525. The highest BCUT2D eigenvalue weighted by Gasteiger charge is 2.03. The molecule has 1 N–H and O–H groups in total. The van der Waals surface area contributed by atoms with Crippen molar-refractivity contribution in [2.75, 3.05) is 0 Å². The average Bonchev–Trinajstić information content (AvgIpc) is 2.39. The standard InChI is InChI=1S/C14H12BO2/c1-10(16)11-4-2-5-12(8-11)13-6-3-7-14(9-13)15-17/h2-9,17H,1H3. The lowest BCUT2D eigenvalue weighted by Gasteiger charge is -2.05. The van der Waals surface area contributed by atoms with Gasteiger partial charge in [0.05, 0.1) is 0 Å². The summed E-state index contributed by atoms with van der Waals surface area (Å²) >= 11 is 0. The van der Waals surface area contributed by atoms with E-state index in [-0.39, 0.29) is 5.78 Å². The predicted octanol–water partition coefficient (Wildman–Crippen LogP) is 1.79. The van der Waals surface area contributed by atoms with Crippen molar-refractivity contribution in [3.63, 3.8) is 0 Å². The fraction of sp³-hybridized carbons (Fsp3) is 0.0714. The van der Waals surface area contributed by atoms with Gasteiger partial charge < -0.3 is 5.02 Å². The number of ketones is 1. The van der Waals surface area contributed by atoms with Crippen LogP contribution in [0.25, 0.3) is 11.1 Å². The van der Waals surface area contributed by atoms with Gasteiger partial charge >= 0.3 is 7.48 Å². The quantitative estimate of drug-likeness (QED) is 0.636. The summed E-state index contributed by atoms with van der Waals surface area (Å²) in [6.07, 6.45) is 0. The number of hydrogen-bond donors (Lipinski definition) is 1. The molecule has 2 aromatic carbocycles. The topological polar surface area (TPSA) is 37.3 Å². The van der Waals surface area contributed by atoms with Gasteiger partial charge in [-0.1, -0.05) is 47.9 Å². The molecular weight excluding hydrogens is 211 g/mol. The Morgan fingerprint density at radius 3 is 2.35 bits per heavy atom. The van der Waals surface area contributed by atoms with E-state index in [9.17, 15) is 4.79 Å². The summed E-state index contributed by atoms with van der Waals surface area (Å²) < 4.78 is 0. The number of rotatable bonds is 3. The molecule has 0 spiro atoms. The van der Waals surface area contributed by atoms with Gasteiger partial charge in [0.1, 0.15) is 0 Å². The van der Waals surface area contributed by atoms with Crippen molar-refractivity contribution >= 4 is 18.7 Å². The van der Waals surface area contributed by atoms with E-state index in [1.807, 2.05) is 42.5 Å². The van der Waals surface area contributed by atoms with E-state index < -0.39 is 0 Å². The molecule has 2 rings (SSSR count). The second kappa shape index (κ2) is 4.98. The maximum absolute atomic E-state index is 11.3. The van der Waals surface area contributed by atoms with Crippen molar-refractivity contribution in [3.05, 3.63) is 54.1 Å². The van der Waals surface area contributed by atoms with Gasteiger partial charge in [0.25, 0.3) is 0 Å². The third-order valence-corrected chi connectivity index (χ3v) is 2.64.